The van der Waals surface area contributed by atoms with Gasteiger partial charge in [-0.2, -0.15) is 10.7 Å². The quantitative estimate of drug-likeness (QED) is 0.708. The first-order chi connectivity index (χ1) is 10.5. The zero-order valence-electron chi connectivity index (χ0n) is 15.4. The molecular formula is C18H38N4. The Bertz CT molecular complexity index is 313. The van der Waals surface area contributed by atoms with Crippen molar-refractivity contribution in [3.63, 3.8) is 0 Å². The fourth-order valence-electron chi connectivity index (χ4n) is 3.83. The lowest BCUT2D eigenvalue weighted by molar-refractivity contribution is -0.101. The van der Waals surface area contributed by atoms with E-state index in [1.54, 1.807) is 0 Å². The summed E-state index contributed by atoms with van der Waals surface area (Å²) in [6.07, 6.45) is 14.1. The highest BCUT2D eigenvalue weighted by atomic mass is 16.0. The summed E-state index contributed by atoms with van der Waals surface area (Å²) in [5.74, 6) is 0. The fraction of sp³-hybridized carbons (Fsp3) is 1.00. The lowest BCUT2D eigenvalue weighted by Gasteiger charge is -2.40. The van der Waals surface area contributed by atoms with Gasteiger partial charge in [0.1, 0.15) is 0 Å². The number of hydrogen-bond donors (Lipinski definition) is 1. The lowest BCUT2D eigenvalue weighted by atomic mass is 10.1. The number of unbranched alkanes of at least 4 members (excludes halogenated alkanes) is 5. The standard InChI is InChI=1S/C18H38N4/c1-5-6-7-8-9-13-16-21-19-20-15-12-10-11-14-17(20)22(21)18(2,3)4/h17,19H,5-16H2,1-4H3. The number of rotatable bonds is 7. The highest BCUT2D eigenvalue weighted by Crippen LogP contribution is 2.30. The molecule has 1 unspecified atom stereocenters. The predicted molar refractivity (Wildman–Crippen MR) is 93.8 cm³/mol. The van der Waals surface area contributed by atoms with Crippen LogP contribution in [0.1, 0.15) is 91.9 Å². The Morgan fingerprint density at radius 1 is 0.955 bits per heavy atom. The van der Waals surface area contributed by atoms with Gasteiger partial charge < -0.3 is 0 Å². The third kappa shape index (κ3) is 4.92. The molecular weight excluding hydrogens is 272 g/mol. The summed E-state index contributed by atoms with van der Waals surface area (Å²) >= 11 is 0. The minimum atomic E-state index is 0.180. The van der Waals surface area contributed by atoms with E-state index in [4.69, 9.17) is 0 Å². The molecule has 130 valence electrons. The van der Waals surface area contributed by atoms with Crippen LogP contribution in [0, 0.1) is 0 Å². The number of nitrogens with zero attached hydrogens (tertiary/aromatic N) is 3. The second-order valence-electron chi connectivity index (χ2n) is 8.03. The van der Waals surface area contributed by atoms with Crippen LogP contribution in [-0.4, -0.2) is 39.9 Å². The molecule has 0 aromatic heterocycles. The number of hydrogen-bond acceptors (Lipinski definition) is 4. The van der Waals surface area contributed by atoms with Gasteiger partial charge in [-0.25, -0.2) is 10.0 Å². The average Bonchev–Trinajstić information content (AvgIpc) is 2.65. The normalized spacial score (nSPS) is 25.4. The van der Waals surface area contributed by atoms with Crippen molar-refractivity contribution in [3.05, 3.63) is 0 Å². The van der Waals surface area contributed by atoms with Crippen LogP contribution in [0.25, 0.3) is 0 Å². The van der Waals surface area contributed by atoms with E-state index in [1.165, 1.54) is 70.8 Å². The van der Waals surface area contributed by atoms with E-state index >= 15 is 0 Å². The van der Waals surface area contributed by atoms with E-state index < -0.39 is 0 Å². The first kappa shape index (κ1) is 18.2. The van der Waals surface area contributed by atoms with Crippen LogP contribution in [-0.2, 0) is 0 Å². The van der Waals surface area contributed by atoms with Crippen LogP contribution < -0.4 is 5.53 Å². The van der Waals surface area contributed by atoms with Crippen LogP contribution in [0.15, 0.2) is 0 Å². The Labute approximate surface area is 138 Å². The molecule has 22 heavy (non-hydrogen) atoms. The third-order valence-corrected chi connectivity index (χ3v) is 4.92. The highest BCUT2D eigenvalue weighted by molar-refractivity contribution is 4.85. The molecule has 2 saturated heterocycles. The molecule has 0 spiro atoms. The molecule has 0 bridgehead atoms. The molecule has 0 radical (unpaired) electrons. The summed E-state index contributed by atoms with van der Waals surface area (Å²) in [6, 6.07) is 0. The summed E-state index contributed by atoms with van der Waals surface area (Å²) in [5, 5.41) is 7.50. The van der Waals surface area contributed by atoms with Crippen molar-refractivity contribution >= 4 is 0 Å². The van der Waals surface area contributed by atoms with E-state index in [0.29, 0.717) is 6.17 Å². The van der Waals surface area contributed by atoms with Crippen molar-refractivity contribution in [1.82, 2.24) is 20.7 Å². The summed E-state index contributed by atoms with van der Waals surface area (Å²) in [6.45, 7) is 11.6. The van der Waals surface area contributed by atoms with Crippen LogP contribution >= 0.6 is 0 Å². The van der Waals surface area contributed by atoms with Crippen LogP contribution in [0.5, 0.6) is 0 Å². The maximum atomic E-state index is 3.68. The van der Waals surface area contributed by atoms with E-state index in [0.717, 1.165) is 6.54 Å². The van der Waals surface area contributed by atoms with Gasteiger partial charge >= 0.3 is 0 Å². The summed E-state index contributed by atoms with van der Waals surface area (Å²) in [4.78, 5) is 0. The zero-order valence-corrected chi connectivity index (χ0v) is 15.4. The van der Waals surface area contributed by atoms with Crippen LogP contribution in [0.3, 0.4) is 0 Å². The number of hydrazine groups is 3. The highest BCUT2D eigenvalue weighted by Gasteiger charge is 2.43. The Hall–Kier alpha value is -0.160. The minimum Gasteiger partial charge on any atom is -0.211 e. The van der Waals surface area contributed by atoms with E-state index in [9.17, 15) is 0 Å². The van der Waals surface area contributed by atoms with Crippen molar-refractivity contribution in [2.24, 2.45) is 0 Å². The zero-order chi connectivity index (χ0) is 16.0. The first-order valence-corrected chi connectivity index (χ1v) is 9.64. The molecule has 0 aromatic rings. The minimum absolute atomic E-state index is 0.180. The molecule has 0 aromatic carbocycles. The second kappa shape index (κ2) is 8.62. The molecule has 2 rings (SSSR count). The number of nitrogens with one attached hydrogen (secondary N) is 1. The summed E-state index contributed by atoms with van der Waals surface area (Å²) in [5.41, 5.74) is 3.86. The van der Waals surface area contributed by atoms with Gasteiger partial charge in [0.25, 0.3) is 0 Å². The van der Waals surface area contributed by atoms with Gasteiger partial charge in [0.2, 0.25) is 0 Å². The third-order valence-electron chi connectivity index (χ3n) is 4.92. The summed E-state index contributed by atoms with van der Waals surface area (Å²) in [7, 11) is 0. The smallest absolute Gasteiger partial charge is 0.0924 e. The summed E-state index contributed by atoms with van der Waals surface area (Å²) < 4.78 is 0. The monoisotopic (exact) mass is 310 g/mol. The molecule has 2 fully saturated rings. The van der Waals surface area contributed by atoms with Crippen molar-refractivity contribution in [3.8, 4) is 0 Å². The topological polar surface area (TPSA) is 21.8 Å². The molecule has 4 nitrogen and oxygen atoms in total. The van der Waals surface area contributed by atoms with Gasteiger partial charge in [-0.05, 0) is 40.0 Å². The van der Waals surface area contributed by atoms with Gasteiger partial charge in [-0.15, -0.1) is 0 Å². The largest absolute Gasteiger partial charge is 0.211 e. The van der Waals surface area contributed by atoms with Gasteiger partial charge in [0.05, 0.1) is 6.17 Å². The molecule has 2 heterocycles. The van der Waals surface area contributed by atoms with Gasteiger partial charge in [-0.3, -0.25) is 0 Å². The maximum Gasteiger partial charge on any atom is 0.0924 e. The van der Waals surface area contributed by atoms with Gasteiger partial charge in [-0.1, -0.05) is 51.9 Å². The Balaban J connectivity index is 1.86. The molecule has 0 saturated carbocycles. The predicted octanol–water partition coefficient (Wildman–Crippen LogP) is 4.30. The lowest BCUT2D eigenvalue weighted by Crippen LogP contribution is -2.54. The molecule has 0 amide bonds. The Morgan fingerprint density at radius 2 is 1.68 bits per heavy atom. The van der Waals surface area contributed by atoms with E-state index in [-0.39, 0.29) is 5.54 Å². The van der Waals surface area contributed by atoms with Crippen LogP contribution in [0.4, 0.5) is 0 Å². The van der Waals surface area contributed by atoms with Crippen molar-refractivity contribution < 1.29 is 0 Å². The first-order valence-electron chi connectivity index (χ1n) is 9.64. The van der Waals surface area contributed by atoms with Crippen molar-refractivity contribution in [1.29, 1.82) is 0 Å². The SMILES string of the molecule is CCCCCCCCN1NN2CCCCCC2N1C(C)(C)C. The van der Waals surface area contributed by atoms with Crippen molar-refractivity contribution in [2.75, 3.05) is 13.1 Å². The molecule has 2 aliphatic rings. The Kier molecular flexibility index (Phi) is 7.13. The van der Waals surface area contributed by atoms with E-state index in [1.807, 2.05) is 0 Å². The molecule has 0 aliphatic carbocycles. The van der Waals surface area contributed by atoms with Crippen LogP contribution in [0.2, 0.25) is 0 Å². The van der Waals surface area contributed by atoms with Gasteiger partial charge in [0.15, 0.2) is 0 Å². The second-order valence-corrected chi connectivity index (χ2v) is 8.03. The van der Waals surface area contributed by atoms with Gasteiger partial charge in [0, 0.05) is 18.6 Å². The van der Waals surface area contributed by atoms with Crippen molar-refractivity contribution in [2.45, 2.75) is 104 Å². The number of fused-ring (bicyclic) bond motifs is 1. The Morgan fingerprint density at radius 3 is 2.41 bits per heavy atom. The molecule has 1 atom stereocenters. The fourth-order valence-corrected chi connectivity index (χ4v) is 3.83. The average molecular weight is 311 g/mol. The molecule has 2 aliphatic heterocycles. The van der Waals surface area contributed by atoms with E-state index in [2.05, 4.69) is 48.4 Å². The molecule has 1 N–H and O–H groups in total. The maximum absolute atomic E-state index is 3.68. The molecule has 4 heteroatoms.